The fourth-order valence-corrected chi connectivity index (χ4v) is 3.38. The van der Waals surface area contributed by atoms with Crippen molar-refractivity contribution in [1.29, 1.82) is 0 Å². The van der Waals surface area contributed by atoms with Crippen LogP contribution >= 0.6 is 0 Å². The fourth-order valence-electron chi connectivity index (χ4n) is 2.27. The molecule has 1 heterocycles. The Labute approximate surface area is 112 Å². The summed E-state index contributed by atoms with van der Waals surface area (Å²) in [6.07, 6.45) is 2.36. The lowest BCUT2D eigenvalue weighted by Crippen LogP contribution is -2.47. The first-order valence-electron chi connectivity index (χ1n) is 6.94. The van der Waals surface area contributed by atoms with Crippen LogP contribution in [-0.2, 0) is 9.84 Å². The zero-order chi connectivity index (χ0) is 13.8. The minimum absolute atomic E-state index is 0.273. The van der Waals surface area contributed by atoms with Crippen molar-refractivity contribution in [3.63, 3.8) is 0 Å². The van der Waals surface area contributed by atoms with E-state index in [0.717, 1.165) is 26.1 Å². The Morgan fingerprint density at radius 2 is 2.00 bits per heavy atom. The number of piperidine rings is 1. The van der Waals surface area contributed by atoms with E-state index in [2.05, 4.69) is 17.1 Å². The molecule has 4 nitrogen and oxygen atoms in total. The van der Waals surface area contributed by atoms with Crippen LogP contribution in [-0.4, -0.2) is 56.0 Å². The first kappa shape index (κ1) is 15.9. The van der Waals surface area contributed by atoms with Crippen molar-refractivity contribution >= 4 is 9.84 Å². The van der Waals surface area contributed by atoms with Gasteiger partial charge in [-0.3, -0.25) is 0 Å². The fraction of sp³-hybridized carbons (Fsp3) is 1.00. The van der Waals surface area contributed by atoms with Gasteiger partial charge in [0.25, 0.3) is 0 Å². The van der Waals surface area contributed by atoms with Gasteiger partial charge >= 0.3 is 0 Å². The maximum absolute atomic E-state index is 12.1. The van der Waals surface area contributed by atoms with Gasteiger partial charge in [-0.2, -0.15) is 0 Å². The predicted octanol–water partition coefficient (Wildman–Crippen LogP) is 1.27. The highest BCUT2D eigenvalue weighted by atomic mass is 32.2. The summed E-state index contributed by atoms with van der Waals surface area (Å²) in [5, 5.41) is 3.45. The van der Waals surface area contributed by atoms with Crippen LogP contribution in [0.1, 0.15) is 40.5 Å². The molecule has 1 rings (SSSR count). The molecule has 0 bridgehead atoms. The predicted molar refractivity (Wildman–Crippen MR) is 76.7 cm³/mol. The van der Waals surface area contributed by atoms with E-state index in [4.69, 9.17) is 0 Å². The molecular weight excluding hydrogens is 248 g/mol. The number of nitrogens with zero attached hydrogens (tertiary/aromatic N) is 1. The van der Waals surface area contributed by atoms with Crippen LogP contribution in [0.4, 0.5) is 0 Å². The molecule has 1 aliphatic heterocycles. The molecule has 1 atom stereocenters. The summed E-state index contributed by atoms with van der Waals surface area (Å²) in [6.45, 7) is 11.1. The average molecular weight is 276 g/mol. The Balaban J connectivity index is 2.44. The lowest BCUT2D eigenvalue weighted by Gasteiger charge is -2.33. The van der Waals surface area contributed by atoms with E-state index in [1.165, 1.54) is 6.42 Å². The summed E-state index contributed by atoms with van der Waals surface area (Å²) in [7, 11) is -2.99. The summed E-state index contributed by atoms with van der Waals surface area (Å²) in [5.74, 6) is 0.273. The molecule has 0 aromatic heterocycles. The Kier molecular flexibility index (Phi) is 5.62. The Bertz CT molecular complexity index is 344. The van der Waals surface area contributed by atoms with Crippen molar-refractivity contribution in [3.8, 4) is 0 Å². The summed E-state index contributed by atoms with van der Waals surface area (Å²) in [5.41, 5.74) is 0. The number of likely N-dealkylation sites (tertiary alicyclic amines) is 1. The maximum Gasteiger partial charge on any atom is 0.156 e. The number of rotatable bonds is 5. The average Bonchev–Trinajstić information content (AvgIpc) is 2.26. The highest BCUT2D eigenvalue weighted by Crippen LogP contribution is 2.17. The number of nitrogens with one attached hydrogen (secondary N) is 1. The van der Waals surface area contributed by atoms with Crippen molar-refractivity contribution in [2.45, 2.75) is 51.3 Å². The monoisotopic (exact) mass is 276 g/mol. The van der Waals surface area contributed by atoms with E-state index in [-0.39, 0.29) is 5.75 Å². The quantitative estimate of drug-likeness (QED) is 0.822. The molecule has 0 spiro atoms. The van der Waals surface area contributed by atoms with E-state index in [1.54, 1.807) is 20.8 Å². The van der Waals surface area contributed by atoms with Gasteiger partial charge < -0.3 is 10.2 Å². The van der Waals surface area contributed by atoms with Crippen molar-refractivity contribution in [3.05, 3.63) is 0 Å². The highest BCUT2D eigenvalue weighted by molar-refractivity contribution is 7.92. The second-order valence-corrected chi connectivity index (χ2v) is 8.99. The van der Waals surface area contributed by atoms with Crippen LogP contribution < -0.4 is 5.32 Å². The molecular formula is C13H28N2O2S. The Hall–Kier alpha value is -0.130. The van der Waals surface area contributed by atoms with Crippen LogP contribution in [0.5, 0.6) is 0 Å². The summed E-state index contributed by atoms with van der Waals surface area (Å²) >= 11 is 0. The van der Waals surface area contributed by atoms with E-state index in [0.29, 0.717) is 12.6 Å². The maximum atomic E-state index is 12.1. The van der Waals surface area contributed by atoms with E-state index in [9.17, 15) is 8.42 Å². The summed E-state index contributed by atoms with van der Waals surface area (Å²) in [4.78, 5) is 2.28. The zero-order valence-corrected chi connectivity index (χ0v) is 13.0. The van der Waals surface area contributed by atoms with Crippen molar-refractivity contribution in [2.75, 3.05) is 31.9 Å². The largest absolute Gasteiger partial charge is 0.313 e. The van der Waals surface area contributed by atoms with Gasteiger partial charge in [-0.1, -0.05) is 6.92 Å². The molecule has 1 fully saturated rings. The van der Waals surface area contributed by atoms with Gasteiger partial charge in [0.05, 0.1) is 10.5 Å². The molecule has 1 saturated heterocycles. The first-order chi connectivity index (χ1) is 8.26. The van der Waals surface area contributed by atoms with Crippen molar-refractivity contribution < 1.29 is 8.42 Å². The molecule has 5 heteroatoms. The van der Waals surface area contributed by atoms with Crippen LogP contribution in [0.2, 0.25) is 0 Å². The molecule has 1 aliphatic rings. The highest BCUT2D eigenvalue weighted by Gasteiger charge is 2.29. The Morgan fingerprint density at radius 1 is 1.33 bits per heavy atom. The van der Waals surface area contributed by atoms with Gasteiger partial charge in [0, 0.05) is 19.1 Å². The molecule has 0 aromatic carbocycles. The normalized spacial score (nSPS) is 23.2. The minimum Gasteiger partial charge on any atom is -0.313 e. The molecule has 0 radical (unpaired) electrons. The molecule has 0 saturated carbocycles. The zero-order valence-electron chi connectivity index (χ0n) is 12.2. The summed E-state index contributed by atoms with van der Waals surface area (Å²) < 4.78 is 23.5. The second kappa shape index (κ2) is 6.35. The SMILES string of the molecule is CCNC1CCCN(CCS(=O)(=O)C(C)(C)C)C1. The lowest BCUT2D eigenvalue weighted by atomic mass is 10.1. The molecule has 1 N–H and O–H groups in total. The van der Waals surface area contributed by atoms with Crippen molar-refractivity contribution in [2.24, 2.45) is 0 Å². The van der Waals surface area contributed by atoms with Crippen LogP contribution in [0.15, 0.2) is 0 Å². The first-order valence-corrected chi connectivity index (χ1v) is 8.59. The third-order valence-electron chi connectivity index (χ3n) is 3.61. The van der Waals surface area contributed by atoms with Gasteiger partial charge in [-0.05, 0) is 46.7 Å². The van der Waals surface area contributed by atoms with Crippen LogP contribution in [0, 0.1) is 0 Å². The summed E-state index contributed by atoms with van der Waals surface area (Å²) in [6, 6.07) is 0.529. The van der Waals surface area contributed by atoms with Crippen LogP contribution in [0.3, 0.4) is 0 Å². The molecule has 108 valence electrons. The number of likely N-dealkylation sites (N-methyl/N-ethyl adjacent to an activating group) is 1. The third kappa shape index (κ3) is 4.52. The lowest BCUT2D eigenvalue weighted by molar-refractivity contribution is 0.201. The van der Waals surface area contributed by atoms with Gasteiger partial charge in [0.15, 0.2) is 9.84 Å². The number of sulfone groups is 1. The van der Waals surface area contributed by atoms with Crippen molar-refractivity contribution in [1.82, 2.24) is 10.2 Å². The smallest absolute Gasteiger partial charge is 0.156 e. The Morgan fingerprint density at radius 3 is 2.56 bits per heavy atom. The second-order valence-electron chi connectivity index (χ2n) is 6.13. The molecule has 0 amide bonds. The van der Waals surface area contributed by atoms with Gasteiger partial charge in [-0.15, -0.1) is 0 Å². The van der Waals surface area contributed by atoms with E-state index in [1.807, 2.05) is 0 Å². The number of hydrogen-bond donors (Lipinski definition) is 1. The van der Waals surface area contributed by atoms with E-state index >= 15 is 0 Å². The molecule has 0 aliphatic carbocycles. The molecule has 18 heavy (non-hydrogen) atoms. The van der Waals surface area contributed by atoms with Gasteiger partial charge in [-0.25, -0.2) is 8.42 Å². The van der Waals surface area contributed by atoms with Gasteiger partial charge in [0.1, 0.15) is 0 Å². The standard InChI is InChI=1S/C13H28N2O2S/c1-5-14-12-7-6-8-15(11-12)9-10-18(16,17)13(2,3)4/h12,14H,5-11H2,1-4H3. The minimum atomic E-state index is -2.99. The number of hydrogen-bond acceptors (Lipinski definition) is 4. The van der Waals surface area contributed by atoms with E-state index < -0.39 is 14.6 Å². The molecule has 0 aromatic rings. The van der Waals surface area contributed by atoms with Crippen LogP contribution in [0.25, 0.3) is 0 Å². The topological polar surface area (TPSA) is 49.4 Å². The molecule has 1 unspecified atom stereocenters. The van der Waals surface area contributed by atoms with Gasteiger partial charge in [0.2, 0.25) is 0 Å². The third-order valence-corrected chi connectivity index (χ3v) is 6.19.